The van der Waals surface area contributed by atoms with E-state index in [0.717, 1.165) is 18.7 Å². The fourth-order valence-corrected chi connectivity index (χ4v) is 5.66. The normalized spacial score (nSPS) is 31.2. The van der Waals surface area contributed by atoms with Gasteiger partial charge in [-0.1, -0.05) is 42.5 Å². The summed E-state index contributed by atoms with van der Waals surface area (Å²) in [7, 11) is -2.90. The van der Waals surface area contributed by atoms with E-state index in [1.54, 1.807) is 0 Å². The number of hydrogen-bond donors (Lipinski definition) is 0. The Morgan fingerprint density at radius 3 is 1.83 bits per heavy atom. The van der Waals surface area contributed by atoms with E-state index in [9.17, 15) is 4.57 Å². The molecular weight excluding hydrogens is 307 g/mol. The lowest BCUT2D eigenvalue weighted by atomic mass is 10.1. The summed E-state index contributed by atoms with van der Waals surface area (Å²) in [6.07, 6.45) is 0. The van der Waals surface area contributed by atoms with Crippen molar-refractivity contribution in [3.8, 4) is 16.9 Å². The second-order valence-corrected chi connectivity index (χ2v) is 8.61. The molecule has 2 aliphatic heterocycles. The molecular formula is C18H21N2O2P. The van der Waals surface area contributed by atoms with Crippen LogP contribution in [0.1, 0.15) is 13.8 Å². The maximum Gasteiger partial charge on any atom is 0.396 e. The highest BCUT2D eigenvalue weighted by Gasteiger charge is 2.57. The Kier molecular flexibility index (Phi) is 3.56. The van der Waals surface area contributed by atoms with E-state index in [2.05, 4.69) is 26.0 Å². The van der Waals surface area contributed by atoms with Gasteiger partial charge in [0.2, 0.25) is 0 Å². The van der Waals surface area contributed by atoms with Gasteiger partial charge < -0.3 is 4.52 Å². The Hall–Kier alpha value is -1.61. The van der Waals surface area contributed by atoms with Gasteiger partial charge >= 0.3 is 7.67 Å². The highest BCUT2D eigenvalue weighted by Crippen LogP contribution is 2.64. The quantitative estimate of drug-likeness (QED) is 0.607. The Balaban J connectivity index is 1.55. The Bertz CT molecular complexity index is 727. The lowest BCUT2D eigenvalue weighted by molar-refractivity contribution is 0.400. The average molecular weight is 328 g/mol. The van der Waals surface area contributed by atoms with Crippen LogP contribution >= 0.6 is 7.67 Å². The Labute approximate surface area is 137 Å². The molecule has 0 aliphatic carbocycles. The fourth-order valence-electron chi connectivity index (χ4n) is 2.88. The average Bonchev–Trinajstić information content (AvgIpc) is 3.47. The van der Waals surface area contributed by atoms with Crippen LogP contribution < -0.4 is 4.52 Å². The van der Waals surface area contributed by atoms with Gasteiger partial charge in [-0.15, -0.1) is 0 Å². The van der Waals surface area contributed by atoms with Crippen molar-refractivity contribution in [3.63, 3.8) is 0 Å². The summed E-state index contributed by atoms with van der Waals surface area (Å²) in [5.74, 6) is 0.672. The van der Waals surface area contributed by atoms with Crippen molar-refractivity contribution in [1.29, 1.82) is 0 Å². The first-order valence-electron chi connectivity index (χ1n) is 8.07. The smallest absolute Gasteiger partial charge is 0.396 e. The summed E-state index contributed by atoms with van der Waals surface area (Å²) in [5.41, 5.74) is 2.30. The van der Waals surface area contributed by atoms with Gasteiger partial charge in [0.1, 0.15) is 5.75 Å². The zero-order valence-electron chi connectivity index (χ0n) is 13.4. The van der Waals surface area contributed by atoms with Gasteiger partial charge in [0.25, 0.3) is 0 Å². The lowest BCUT2D eigenvalue weighted by Crippen LogP contribution is -2.13. The molecule has 2 heterocycles. The van der Waals surface area contributed by atoms with Gasteiger partial charge in [-0.3, -0.25) is 0 Å². The number of hydrogen-bond acceptors (Lipinski definition) is 2. The van der Waals surface area contributed by atoms with Gasteiger partial charge in [-0.05, 0) is 37.1 Å². The summed E-state index contributed by atoms with van der Waals surface area (Å²) in [4.78, 5) is 0. The van der Waals surface area contributed by atoms with Crippen molar-refractivity contribution in [2.75, 3.05) is 13.1 Å². The van der Waals surface area contributed by atoms with E-state index < -0.39 is 7.67 Å². The molecule has 0 N–H and O–H groups in total. The molecule has 2 fully saturated rings. The topological polar surface area (TPSA) is 32.3 Å². The summed E-state index contributed by atoms with van der Waals surface area (Å²) in [6, 6.07) is 18.8. The minimum atomic E-state index is -2.90. The maximum absolute atomic E-state index is 13.3. The van der Waals surface area contributed by atoms with Crippen molar-refractivity contribution in [2.24, 2.45) is 0 Å². The molecule has 2 aliphatic rings. The molecule has 5 heteroatoms. The summed E-state index contributed by atoms with van der Waals surface area (Å²) in [6.45, 7) is 5.87. The van der Waals surface area contributed by atoms with E-state index in [1.807, 2.05) is 51.8 Å². The highest BCUT2D eigenvalue weighted by atomic mass is 31.2. The first-order valence-corrected chi connectivity index (χ1v) is 9.60. The number of benzene rings is 2. The van der Waals surface area contributed by atoms with E-state index in [-0.39, 0.29) is 0 Å². The van der Waals surface area contributed by atoms with Crippen LogP contribution in [-0.2, 0) is 4.57 Å². The SMILES string of the molecule is CC1CN1P(=O)(Oc1ccc(-c2ccccc2)cc1)N1CC1C. The van der Waals surface area contributed by atoms with Gasteiger partial charge in [-0.2, -0.15) is 0 Å². The Morgan fingerprint density at radius 1 is 0.870 bits per heavy atom. The zero-order valence-corrected chi connectivity index (χ0v) is 14.3. The van der Waals surface area contributed by atoms with E-state index in [4.69, 9.17) is 4.52 Å². The molecule has 120 valence electrons. The molecule has 2 aromatic carbocycles. The monoisotopic (exact) mass is 328 g/mol. The predicted octanol–water partition coefficient (Wildman–Crippen LogP) is 4.25. The van der Waals surface area contributed by atoms with Gasteiger partial charge in [-0.25, -0.2) is 13.9 Å². The second kappa shape index (κ2) is 5.48. The van der Waals surface area contributed by atoms with Crippen LogP contribution in [0.25, 0.3) is 11.1 Å². The van der Waals surface area contributed by atoms with Crippen molar-refractivity contribution >= 4 is 7.67 Å². The maximum atomic E-state index is 13.3. The standard InChI is InChI=1S/C18H21N2O2P/c1-14-12-19(14)23(21,20-13-15(20)2)22-18-10-8-17(9-11-18)16-6-4-3-5-7-16/h3-11,14-15H,12-13H2,1-2H3. The molecule has 4 rings (SSSR count). The van der Waals surface area contributed by atoms with Crippen molar-refractivity contribution in [3.05, 3.63) is 54.6 Å². The second-order valence-electron chi connectivity index (χ2n) is 6.41. The lowest BCUT2D eigenvalue weighted by Gasteiger charge is -2.22. The van der Waals surface area contributed by atoms with Crippen LogP contribution in [0, 0.1) is 0 Å². The molecule has 2 saturated heterocycles. The molecule has 0 aromatic heterocycles. The van der Waals surface area contributed by atoms with E-state index in [0.29, 0.717) is 17.8 Å². The Morgan fingerprint density at radius 2 is 1.35 bits per heavy atom. The van der Waals surface area contributed by atoms with Gasteiger partial charge in [0, 0.05) is 25.2 Å². The molecule has 0 amide bonds. The highest BCUT2D eigenvalue weighted by molar-refractivity contribution is 7.55. The number of nitrogens with zero attached hydrogens (tertiary/aromatic N) is 2. The molecule has 0 spiro atoms. The van der Waals surface area contributed by atoms with Crippen LogP contribution in [0.4, 0.5) is 0 Å². The third-order valence-corrected chi connectivity index (χ3v) is 7.35. The molecule has 4 atom stereocenters. The van der Waals surface area contributed by atoms with Crippen molar-refractivity contribution in [1.82, 2.24) is 9.34 Å². The fraction of sp³-hybridized carbons (Fsp3) is 0.333. The van der Waals surface area contributed by atoms with Crippen LogP contribution in [-0.4, -0.2) is 34.5 Å². The first-order chi connectivity index (χ1) is 11.1. The van der Waals surface area contributed by atoms with Crippen LogP contribution in [0.15, 0.2) is 54.6 Å². The van der Waals surface area contributed by atoms with Gasteiger partial charge in [0.05, 0.1) is 0 Å². The largest absolute Gasteiger partial charge is 0.422 e. The molecule has 4 unspecified atom stereocenters. The summed E-state index contributed by atoms with van der Waals surface area (Å²) in [5, 5.41) is 0. The van der Waals surface area contributed by atoms with Crippen LogP contribution in [0.2, 0.25) is 0 Å². The molecule has 4 nitrogen and oxygen atoms in total. The minimum absolute atomic E-state index is 0.345. The molecule has 23 heavy (non-hydrogen) atoms. The molecule has 0 saturated carbocycles. The van der Waals surface area contributed by atoms with E-state index >= 15 is 0 Å². The third-order valence-electron chi connectivity index (χ3n) is 4.49. The third kappa shape index (κ3) is 2.83. The predicted molar refractivity (Wildman–Crippen MR) is 92.4 cm³/mol. The number of rotatable bonds is 5. The molecule has 0 radical (unpaired) electrons. The summed E-state index contributed by atoms with van der Waals surface area (Å²) < 4.78 is 23.2. The van der Waals surface area contributed by atoms with E-state index in [1.165, 1.54) is 5.56 Å². The van der Waals surface area contributed by atoms with Crippen molar-refractivity contribution < 1.29 is 9.09 Å². The first kappa shape index (κ1) is 14.9. The molecule has 2 aromatic rings. The minimum Gasteiger partial charge on any atom is -0.422 e. The summed E-state index contributed by atoms with van der Waals surface area (Å²) >= 11 is 0. The van der Waals surface area contributed by atoms with Crippen LogP contribution in [0.5, 0.6) is 5.75 Å². The van der Waals surface area contributed by atoms with Gasteiger partial charge in [0.15, 0.2) is 0 Å². The van der Waals surface area contributed by atoms with Crippen molar-refractivity contribution in [2.45, 2.75) is 25.9 Å². The zero-order chi connectivity index (χ0) is 16.0. The molecule has 0 bridgehead atoms. The van der Waals surface area contributed by atoms with Crippen LogP contribution in [0.3, 0.4) is 0 Å².